The van der Waals surface area contributed by atoms with Gasteiger partial charge in [0, 0.05) is 19.6 Å². The summed E-state index contributed by atoms with van der Waals surface area (Å²) in [5.41, 5.74) is -0.638. The van der Waals surface area contributed by atoms with E-state index in [-0.39, 0.29) is 0 Å². The van der Waals surface area contributed by atoms with Crippen LogP contribution in [0, 0.1) is 5.92 Å². The second-order valence-electron chi connectivity index (χ2n) is 5.47. The molecule has 6 heteroatoms. The van der Waals surface area contributed by atoms with Crippen molar-refractivity contribution in [1.29, 1.82) is 0 Å². The summed E-state index contributed by atoms with van der Waals surface area (Å²) in [5, 5.41) is 2.88. The van der Waals surface area contributed by atoms with Crippen LogP contribution in [0.1, 0.15) is 38.7 Å². The van der Waals surface area contributed by atoms with Gasteiger partial charge in [-0.25, -0.2) is 4.98 Å². The van der Waals surface area contributed by atoms with Gasteiger partial charge in [0.15, 0.2) is 0 Å². The summed E-state index contributed by atoms with van der Waals surface area (Å²) in [6, 6.07) is 2.24. The zero-order valence-electron chi connectivity index (χ0n) is 12.5. The average Bonchev–Trinajstić information content (AvgIpc) is 2.46. The summed E-state index contributed by atoms with van der Waals surface area (Å²) >= 11 is 0. The predicted octanol–water partition coefficient (Wildman–Crippen LogP) is 4.16. The summed E-state index contributed by atoms with van der Waals surface area (Å²) < 4.78 is 39.0. The van der Waals surface area contributed by atoms with E-state index < -0.39 is 11.7 Å². The molecule has 2 heterocycles. The Kier molecular flexibility index (Phi) is 4.96. The molecule has 118 valence electrons. The highest BCUT2D eigenvalue weighted by atomic mass is 19.4. The van der Waals surface area contributed by atoms with Crippen LogP contribution in [0.5, 0.6) is 0 Å². The minimum Gasteiger partial charge on any atom is -0.370 e. The van der Waals surface area contributed by atoms with Gasteiger partial charge >= 0.3 is 6.18 Å². The molecule has 1 fully saturated rings. The van der Waals surface area contributed by atoms with Gasteiger partial charge in [-0.15, -0.1) is 0 Å². The Hall–Kier alpha value is -1.46. The number of piperidine rings is 1. The summed E-state index contributed by atoms with van der Waals surface area (Å²) in [5.74, 6) is 1.40. The highest BCUT2D eigenvalue weighted by molar-refractivity contribution is 5.51. The number of pyridine rings is 1. The fourth-order valence-electron chi connectivity index (χ4n) is 2.68. The second kappa shape index (κ2) is 6.54. The summed E-state index contributed by atoms with van der Waals surface area (Å²) in [7, 11) is 0. The maximum atomic E-state index is 13.0. The Morgan fingerprint density at radius 1 is 1.24 bits per heavy atom. The molecule has 1 saturated heterocycles. The van der Waals surface area contributed by atoms with E-state index in [1.807, 2.05) is 11.8 Å². The number of halogens is 3. The molecule has 0 aliphatic carbocycles. The van der Waals surface area contributed by atoms with Gasteiger partial charge in [0.2, 0.25) is 0 Å². The van der Waals surface area contributed by atoms with Gasteiger partial charge in [0.05, 0.1) is 5.56 Å². The van der Waals surface area contributed by atoms with Crippen LogP contribution in [-0.2, 0) is 6.18 Å². The van der Waals surface area contributed by atoms with E-state index in [0.29, 0.717) is 24.1 Å². The monoisotopic (exact) mass is 301 g/mol. The molecule has 3 nitrogen and oxygen atoms in total. The first kappa shape index (κ1) is 15.9. The van der Waals surface area contributed by atoms with Crippen LogP contribution < -0.4 is 10.2 Å². The van der Waals surface area contributed by atoms with Crippen molar-refractivity contribution in [3.63, 3.8) is 0 Å². The van der Waals surface area contributed by atoms with E-state index in [9.17, 15) is 13.2 Å². The molecule has 1 aromatic rings. The molecule has 21 heavy (non-hydrogen) atoms. The molecule has 1 aliphatic heterocycles. The fraction of sp³-hybridized carbons (Fsp3) is 0.667. The minimum atomic E-state index is -4.34. The summed E-state index contributed by atoms with van der Waals surface area (Å²) in [6.45, 7) is 6.10. The van der Waals surface area contributed by atoms with Gasteiger partial charge in [-0.1, -0.05) is 13.3 Å². The van der Waals surface area contributed by atoms with Crippen LogP contribution in [0.25, 0.3) is 0 Å². The first-order valence-electron chi connectivity index (χ1n) is 7.52. The third kappa shape index (κ3) is 4.02. The van der Waals surface area contributed by atoms with Crippen molar-refractivity contribution in [3.05, 3.63) is 17.7 Å². The summed E-state index contributed by atoms with van der Waals surface area (Å²) in [4.78, 5) is 6.29. The molecule has 2 rings (SSSR count). The zero-order valence-corrected chi connectivity index (χ0v) is 12.5. The second-order valence-corrected chi connectivity index (χ2v) is 5.47. The largest absolute Gasteiger partial charge is 0.416 e. The third-order valence-electron chi connectivity index (χ3n) is 4.01. The molecular formula is C15H22F3N3. The van der Waals surface area contributed by atoms with Crippen molar-refractivity contribution in [1.82, 2.24) is 4.98 Å². The van der Waals surface area contributed by atoms with Crippen LogP contribution in [0.4, 0.5) is 24.8 Å². The number of hydrogen-bond acceptors (Lipinski definition) is 3. The number of nitrogens with zero attached hydrogens (tertiary/aromatic N) is 2. The van der Waals surface area contributed by atoms with Crippen LogP contribution in [0.2, 0.25) is 0 Å². The number of alkyl halides is 3. The number of nitrogens with one attached hydrogen (secondary N) is 1. The van der Waals surface area contributed by atoms with Crippen molar-refractivity contribution < 1.29 is 13.2 Å². The van der Waals surface area contributed by atoms with Crippen LogP contribution in [0.15, 0.2) is 12.1 Å². The quantitative estimate of drug-likeness (QED) is 0.905. The van der Waals surface area contributed by atoms with Gasteiger partial charge in [-0.2, -0.15) is 13.2 Å². The van der Waals surface area contributed by atoms with Crippen LogP contribution >= 0.6 is 0 Å². The molecule has 0 saturated carbocycles. The minimum absolute atomic E-state index is 0.292. The normalized spacial score (nSPS) is 17.1. The Balaban J connectivity index is 2.24. The lowest BCUT2D eigenvalue weighted by Crippen LogP contribution is -2.34. The highest BCUT2D eigenvalue weighted by Crippen LogP contribution is 2.34. The predicted molar refractivity (Wildman–Crippen MR) is 78.6 cm³/mol. The lowest BCUT2D eigenvalue weighted by Gasteiger charge is -2.33. The Morgan fingerprint density at radius 3 is 2.43 bits per heavy atom. The molecule has 1 aromatic heterocycles. The molecular weight excluding hydrogens is 279 g/mol. The molecule has 1 N–H and O–H groups in total. The van der Waals surface area contributed by atoms with Crippen molar-refractivity contribution >= 4 is 11.6 Å². The number of rotatable bonds is 4. The third-order valence-corrected chi connectivity index (χ3v) is 4.01. The van der Waals surface area contributed by atoms with E-state index in [0.717, 1.165) is 44.5 Å². The Bertz CT molecular complexity index is 466. The molecule has 0 atom stereocenters. The zero-order chi connectivity index (χ0) is 15.5. The topological polar surface area (TPSA) is 28.2 Å². The maximum absolute atomic E-state index is 13.0. The maximum Gasteiger partial charge on any atom is 0.416 e. The van der Waals surface area contributed by atoms with Crippen molar-refractivity contribution in [2.24, 2.45) is 5.92 Å². The molecule has 0 radical (unpaired) electrons. The summed E-state index contributed by atoms with van der Waals surface area (Å²) in [6.07, 6.45) is -1.17. The Morgan fingerprint density at radius 2 is 1.90 bits per heavy atom. The number of anilines is 2. The Labute approximate surface area is 123 Å². The van der Waals surface area contributed by atoms with Crippen molar-refractivity contribution in [2.75, 3.05) is 29.9 Å². The first-order chi connectivity index (χ1) is 9.94. The van der Waals surface area contributed by atoms with E-state index in [4.69, 9.17) is 0 Å². The lowest BCUT2D eigenvalue weighted by molar-refractivity contribution is -0.137. The number of aromatic nitrogens is 1. The fourth-order valence-corrected chi connectivity index (χ4v) is 2.68. The van der Waals surface area contributed by atoms with E-state index in [2.05, 4.69) is 17.2 Å². The molecule has 0 bridgehead atoms. The van der Waals surface area contributed by atoms with Gasteiger partial charge < -0.3 is 10.2 Å². The molecule has 0 aromatic carbocycles. The standard InChI is InChI=1S/C15H22F3N3/c1-3-11-5-7-21(8-6-11)14-10-12(15(16,17)18)9-13(20-14)19-4-2/h9-11H,3-8H2,1-2H3,(H,19,20). The number of hydrogen-bond donors (Lipinski definition) is 1. The van der Waals surface area contributed by atoms with Crippen LogP contribution in [0.3, 0.4) is 0 Å². The molecule has 0 unspecified atom stereocenters. The van der Waals surface area contributed by atoms with E-state index in [1.54, 1.807) is 0 Å². The SMILES string of the molecule is CCNc1cc(C(F)(F)F)cc(N2CCC(CC)CC2)n1. The molecule has 0 amide bonds. The first-order valence-corrected chi connectivity index (χ1v) is 7.52. The molecule has 1 aliphatic rings. The average molecular weight is 301 g/mol. The smallest absolute Gasteiger partial charge is 0.370 e. The van der Waals surface area contributed by atoms with E-state index in [1.165, 1.54) is 0 Å². The van der Waals surface area contributed by atoms with Gasteiger partial charge in [-0.3, -0.25) is 0 Å². The van der Waals surface area contributed by atoms with Gasteiger partial charge in [-0.05, 0) is 37.8 Å². The van der Waals surface area contributed by atoms with Crippen molar-refractivity contribution in [2.45, 2.75) is 39.3 Å². The lowest BCUT2D eigenvalue weighted by atomic mass is 9.94. The van der Waals surface area contributed by atoms with Gasteiger partial charge in [0.25, 0.3) is 0 Å². The highest BCUT2D eigenvalue weighted by Gasteiger charge is 2.32. The van der Waals surface area contributed by atoms with Crippen LogP contribution in [-0.4, -0.2) is 24.6 Å². The van der Waals surface area contributed by atoms with Gasteiger partial charge in [0.1, 0.15) is 11.6 Å². The van der Waals surface area contributed by atoms with E-state index >= 15 is 0 Å². The molecule has 0 spiro atoms. The van der Waals surface area contributed by atoms with Crippen molar-refractivity contribution in [3.8, 4) is 0 Å².